The van der Waals surface area contributed by atoms with Crippen molar-refractivity contribution in [2.75, 3.05) is 11.9 Å². The van der Waals surface area contributed by atoms with Crippen LogP contribution < -0.4 is 10.1 Å². The zero-order chi connectivity index (χ0) is 12.9. The molecule has 17 heavy (non-hydrogen) atoms. The Bertz CT molecular complexity index is 365. The fourth-order valence-corrected chi connectivity index (χ4v) is 1.31. The van der Waals surface area contributed by atoms with E-state index in [-0.39, 0.29) is 12.0 Å². The molecule has 0 fully saturated rings. The molecule has 1 aromatic rings. The van der Waals surface area contributed by atoms with Crippen LogP contribution in [0.4, 0.5) is 5.69 Å². The summed E-state index contributed by atoms with van der Waals surface area (Å²) in [6.07, 6.45) is 0.111. The molecule has 0 spiro atoms. The SMILES string of the molecule is CC(C)(C)Oc1ccc(NCCC(=O)O)cc1. The summed E-state index contributed by atoms with van der Waals surface area (Å²) in [5, 5.41) is 11.5. The lowest BCUT2D eigenvalue weighted by Gasteiger charge is -2.21. The quantitative estimate of drug-likeness (QED) is 0.826. The fourth-order valence-electron chi connectivity index (χ4n) is 1.31. The molecule has 4 nitrogen and oxygen atoms in total. The number of carboxylic acid groups (broad SMARTS) is 1. The molecule has 1 rings (SSSR count). The summed E-state index contributed by atoms with van der Waals surface area (Å²) in [4.78, 5) is 10.3. The van der Waals surface area contributed by atoms with Crippen molar-refractivity contribution >= 4 is 11.7 Å². The standard InChI is InChI=1S/C13H19NO3/c1-13(2,3)17-11-6-4-10(5-7-11)14-9-8-12(15)16/h4-7,14H,8-9H2,1-3H3,(H,15,16). The largest absolute Gasteiger partial charge is 0.488 e. The molecule has 0 heterocycles. The number of anilines is 1. The summed E-state index contributed by atoms with van der Waals surface area (Å²) < 4.78 is 5.68. The number of nitrogens with one attached hydrogen (secondary N) is 1. The number of hydrogen-bond donors (Lipinski definition) is 2. The van der Waals surface area contributed by atoms with E-state index in [4.69, 9.17) is 9.84 Å². The minimum Gasteiger partial charge on any atom is -0.488 e. The van der Waals surface area contributed by atoms with Crippen LogP contribution in [0.25, 0.3) is 0 Å². The number of carboxylic acids is 1. The predicted molar refractivity (Wildman–Crippen MR) is 67.6 cm³/mol. The molecular formula is C13H19NO3. The van der Waals surface area contributed by atoms with Gasteiger partial charge in [0.1, 0.15) is 11.4 Å². The zero-order valence-electron chi connectivity index (χ0n) is 10.5. The number of aliphatic carboxylic acids is 1. The summed E-state index contributed by atoms with van der Waals surface area (Å²) in [7, 11) is 0. The number of hydrogen-bond acceptors (Lipinski definition) is 3. The second kappa shape index (κ2) is 5.57. The first kappa shape index (κ1) is 13.4. The third-order valence-electron chi connectivity index (χ3n) is 1.95. The molecule has 0 amide bonds. The van der Waals surface area contributed by atoms with Crippen LogP contribution in [0.5, 0.6) is 5.75 Å². The van der Waals surface area contributed by atoms with Crippen molar-refractivity contribution in [3.63, 3.8) is 0 Å². The van der Waals surface area contributed by atoms with Crippen molar-refractivity contribution in [3.8, 4) is 5.75 Å². The fraction of sp³-hybridized carbons (Fsp3) is 0.462. The third-order valence-corrected chi connectivity index (χ3v) is 1.95. The van der Waals surface area contributed by atoms with Gasteiger partial charge in [0, 0.05) is 12.2 Å². The van der Waals surface area contributed by atoms with Gasteiger partial charge < -0.3 is 15.2 Å². The van der Waals surface area contributed by atoms with Crippen LogP contribution in [-0.4, -0.2) is 23.2 Å². The Morgan fingerprint density at radius 3 is 2.35 bits per heavy atom. The first-order chi connectivity index (χ1) is 7.87. The zero-order valence-corrected chi connectivity index (χ0v) is 10.5. The minimum absolute atomic E-state index is 0.111. The lowest BCUT2D eigenvalue weighted by molar-refractivity contribution is -0.136. The molecule has 0 saturated carbocycles. The first-order valence-corrected chi connectivity index (χ1v) is 5.61. The predicted octanol–water partition coefficient (Wildman–Crippen LogP) is 2.75. The summed E-state index contributed by atoms with van der Waals surface area (Å²) in [5.41, 5.74) is 0.686. The number of benzene rings is 1. The van der Waals surface area contributed by atoms with Crippen molar-refractivity contribution in [2.45, 2.75) is 32.8 Å². The van der Waals surface area contributed by atoms with Crippen LogP contribution in [0.2, 0.25) is 0 Å². The molecule has 0 saturated heterocycles. The monoisotopic (exact) mass is 237 g/mol. The van der Waals surface area contributed by atoms with E-state index in [0.717, 1.165) is 11.4 Å². The van der Waals surface area contributed by atoms with E-state index in [1.165, 1.54) is 0 Å². The van der Waals surface area contributed by atoms with E-state index in [1.807, 2.05) is 45.0 Å². The Labute approximate surface area is 102 Å². The van der Waals surface area contributed by atoms with Gasteiger partial charge >= 0.3 is 5.97 Å². The van der Waals surface area contributed by atoms with Crippen molar-refractivity contribution in [3.05, 3.63) is 24.3 Å². The molecule has 0 aliphatic heterocycles. The van der Waals surface area contributed by atoms with Gasteiger partial charge in [0.25, 0.3) is 0 Å². The Hall–Kier alpha value is -1.71. The lowest BCUT2D eigenvalue weighted by Crippen LogP contribution is -2.22. The molecule has 0 bridgehead atoms. The van der Waals surface area contributed by atoms with E-state index in [1.54, 1.807) is 0 Å². The molecular weight excluding hydrogens is 218 g/mol. The van der Waals surface area contributed by atoms with Gasteiger partial charge in [0.05, 0.1) is 6.42 Å². The molecule has 1 aromatic carbocycles. The van der Waals surface area contributed by atoms with E-state index < -0.39 is 5.97 Å². The normalized spacial score (nSPS) is 11.0. The van der Waals surface area contributed by atoms with Crippen molar-refractivity contribution in [1.82, 2.24) is 0 Å². The molecule has 0 unspecified atom stereocenters. The summed E-state index contributed by atoms with van der Waals surface area (Å²) in [6, 6.07) is 7.49. The van der Waals surface area contributed by atoms with E-state index in [0.29, 0.717) is 6.54 Å². The average molecular weight is 237 g/mol. The van der Waals surface area contributed by atoms with Gasteiger partial charge in [0.15, 0.2) is 0 Å². The van der Waals surface area contributed by atoms with E-state index in [2.05, 4.69) is 5.32 Å². The van der Waals surface area contributed by atoms with Crippen molar-refractivity contribution in [2.24, 2.45) is 0 Å². The van der Waals surface area contributed by atoms with Gasteiger partial charge in [0.2, 0.25) is 0 Å². The molecule has 2 N–H and O–H groups in total. The van der Waals surface area contributed by atoms with Crippen LogP contribution in [0.15, 0.2) is 24.3 Å². The molecule has 0 radical (unpaired) electrons. The van der Waals surface area contributed by atoms with Gasteiger partial charge in [-0.05, 0) is 45.0 Å². The lowest BCUT2D eigenvalue weighted by atomic mass is 10.2. The second-order valence-corrected chi connectivity index (χ2v) is 4.81. The highest BCUT2D eigenvalue weighted by Gasteiger charge is 2.11. The molecule has 0 atom stereocenters. The van der Waals surface area contributed by atoms with Crippen molar-refractivity contribution in [1.29, 1.82) is 0 Å². The van der Waals surface area contributed by atoms with E-state index >= 15 is 0 Å². The Morgan fingerprint density at radius 2 is 1.88 bits per heavy atom. The number of carbonyl (C=O) groups is 1. The number of rotatable bonds is 5. The Balaban J connectivity index is 2.47. The van der Waals surface area contributed by atoms with E-state index in [9.17, 15) is 4.79 Å². The molecule has 0 aromatic heterocycles. The minimum atomic E-state index is -0.801. The molecule has 0 aliphatic rings. The van der Waals surface area contributed by atoms with Crippen LogP contribution in [0, 0.1) is 0 Å². The van der Waals surface area contributed by atoms with Crippen molar-refractivity contribution < 1.29 is 14.6 Å². The molecule has 4 heteroatoms. The van der Waals surface area contributed by atoms with Gasteiger partial charge in [-0.15, -0.1) is 0 Å². The topological polar surface area (TPSA) is 58.6 Å². The molecule has 0 aliphatic carbocycles. The highest BCUT2D eigenvalue weighted by molar-refractivity contribution is 5.67. The maximum absolute atomic E-state index is 10.3. The van der Waals surface area contributed by atoms with Gasteiger partial charge in [-0.1, -0.05) is 0 Å². The summed E-state index contributed by atoms with van der Waals surface area (Å²) in [5.74, 6) is 0.00599. The Morgan fingerprint density at radius 1 is 1.29 bits per heavy atom. The Kier molecular flexibility index (Phi) is 4.37. The van der Waals surface area contributed by atoms with Crippen LogP contribution in [-0.2, 0) is 4.79 Å². The highest BCUT2D eigenvalue weighted by atomic mass is 16.5. The maximum atomic E-state index is 10.3. The van der Waals surface area contributed by atoms with Crippen LogP contribution in [0.3, 0.4) is 0 Å². The molecule has 94 valence electrons. The summed E-state index contributed by atoms with van der Waals surface area (Å²) >= 11 is 0. The van der Waals surface area contributed by atoms with Gasteiger partial charge in [-0.3, -0.25) is 4.79 Å². The smallest absolute Gasteiger partial charge is 0.305 e. The number of ether oxygens (including phenoxy) is 1. The van der Waals surface area contributed by atoms with Crippen LogP contribution in [0.1, 0.15) is 27.2 Å². The highest BCUT2D eigenvalue weighted by Crippen LogP contribution is 2.20. The van der Waals surface area contributed by atoms with Crippen LogP contribution >= 0.6 is 0 Å². The first-order valence-electron chi connectivity index (χ1n) is 5.61. The third kappa shape index (κ3) is 5.80. The summed E-state index contributed by atoms with van der Waals surface area (Å²) in [6.45, 7) is 6.40. The average Bonchev–Trinajstić information content (AvgIpc) is 2.18. The second-order valence-electron chi connectivity index (χ2n) is 4.81. The van der Waals surface area contributed by atoms with Gasteiger partial charge in [-0.25, -0.2) is 0 Å². The maximum Gasteiger partial charge on any atom is 0.305 e. The van der Waals surface area contributed by atoms with Gasteiger partial charge in [-0.2, -0.15) is 0 Å².